The summed E-state index contributed by atoms with van der Waals surface area (Å²) in [7, 11) is 1.39. The van der Waals surface area contributed by atoms with Crippen molar-refractivity contribution in [3.05, 3.63) is 34.3 Å². The highest BCUT2D eigenvalue weighted by Gasteiger charge is 2.27. The summed E-state index contributed by atoms with van der Waals surface area (Å²) in [5.41, 5.74) is 1.53. The number of nitrogens with one attached hydrogen (secondary N) is 1. The lowest BCUT2D eigenvalue weighted by molar-refractivity contribution is -0.147. The van der Waals surface area contributed by atoms with Crippen LogP contribution >= 0.6 is 11.6 Å². The molecule has 1 aromatic carbocycles. The van der Waals surface area contributed by atoms with Crippen molar-refractivity contribution in [2.24, 2.45) is 0 Å². The number of rotatable bonds is 4. The highest BCUT2D eigenvalue weighted by molar-refractivity contribution is 6.30. The van der Waals surface area contributed by atoms with Gasteiger partial charge in [-0.1, -0.05) is 17.7 Å². The summed E-state index contributed by atoms with van der Waals surface area (Å²) >= 11 is 5.89. The molecule has 0 heterocycles. The average molecular weight is 256 g/mol. The highest BCUT2D eigenvalue weighted by atomic mass is 35.5. The van der Waals surface area contributed by atoms with E-state index in [1.807, 2.05) is 25.1 Å². The van der Waals surface area contributed by atoms with E-state index in [4.69, 9.17) is 16.3 Å². The van der Waals surface area contributed by atoms with E-state index >= 15 is 0 Å². The Hall–Kier alpha value is -1.06. The molecule has 0 saturated carbocycles. The van der Waals surface area contributed by atoms with Gasteiger partial charge in [0.05, 0.1) is 7.11 Å². The summed E-state index contributed by atoms with van der Waals surface area (Å²) in [6, 6.07) is 5.71. The van der Waals surface area contributed by atoms with Crippen LogP contribution in [0.3, 0.4) is 0 Å². The Morgan fingerprint density at radius 1 is 1.47 bits per heavy atom. The van der Waals surface area contributed by atoms with Gasteiger partial charge in [0.15, 0.2) is 0 Å². The third-order valence-electron chi connectivity index (χ3n) is 2.72. The molecule has 3 nitrogen and oxygen atoms in total. The standard InChI is InChI=1S/C13H18ClNO2/c1-9-7-11(14)6-5-10(9)8-15-13(2,3)12(16)17-4/h5-7,15H,8H2,1-4H3. The van der Waals surface area contributed by atoms with Crippen LogP contribution in [-0.2, 0) is 16.1 Å². The van der Waals surface area contributed by atoms with Gasteiger partial charge < -0.3 is 4.74 Å². The van der Waals surface area contributed by atoms with E-state index in [2.05, 4.69) is 5.32 Å². The minimum absolute atomic E-state index is 0.274. The lowest BCUT2D eigenvalue weighted by Crippen LogP contribution is -2.47. The Labute approximate surface area is 107 Å². The van der Waals surface area contributed by atoms with Crippen LogP contribution in [0.15, 0.2) is 18.2 Å². The monoisotopic (exact) mass is 255 g/mol. The Morgan fingerprint density at radius 2 is 2.12 bits per heavy atom. The zero-order valence-corrected chi connectivity index (χ0v) is 11.4. The van der Waals surface area contributed by atoms with Crippen LogP contribution < -0.4 is 5.32 Å². The van der Waals surface area contributed by atoms with Crippen LogP contribution in [0.2, 0.25) is 5.02 Å². The Bertz CT molecular complexity index is 416. The van der Waals surface area contributed by atoms with Crippen LogP contribution in [0.5, 0.6) is 0 Å². The van der Waals surface area contributed by atoms with Crippen LogP contribution in [0.1, 0.15) is 25.0 Å². The SMILES string of the molecule is COC(=O)C(C)(C)NCc1ccc(Cl)cc1C. The van der Waals surface area contributed by atoms with E-state index in [0.717, 1.165) is 16.1 Å². The van der Waals surface area contributed by atoms with Crippen molar-refractivity contribution in [2.75, 3.05) is 7.11 Å². The molecule has 0 radical (unpaired) electrons. The number of halogens is 1. The molecule has 1 aromatic rings. The molecule has 0 aliphatic heterocycles. The maximum absolute atomic E-state index is 11.5. The molecule has 0 bridgehead atoms. The van der Waals surface area contributed by atoms with Gasteiger partial charge in [0, 0.05) is 11.6 Å². The van der Waals surface area contributed by atoms with Crippen molar-refractivity contribution >= 4 is 17.6 Å². The van der Waals surface area contributed by atoms with Crippen molar-refractivity contribution in [1.82, 2.24) is 5.32 Å². The highest BCUT2D eigenvalue weighted by Crippen LogP contribution is 2.16. The molecule has 0 fully saturated rings. The fraction of sp³-hybridized carbons (Fsp3) is 0.462. The first-order valence-electron chi connectivity index (χ1n) is 5.45. The third kappa shape index (κ3) is 3.72. The summed E-state index contributed by atoms with van der Waals surface area (Å²) in [4.78, 5) is 11.5. The number of hydrogen-bond donors (Lipinski definition) is 1. The van der Waals surface area contributed by atoms with E-state index in [-0.39, 0.29) is 5.97 Å². The second-order valence-electron chi connectivity index (χ2n) is 4.54. The first kappa shape index (κ1) is 14.0. The van der Waals surface area contributed by atoms with Crippen molar-refractivity contribution in [1.29, 1.82) is 0 Å². The zero-order valence-electron chi connectivity index (χ0n) is 10.6. The quantitative estimate of drug-likeness (QED) is 0.841. The lowest BCUT2D eigenvalue weighted by Gasteiger charge is -2.23. The molecule has 1 rings (SSSR count). The molecule has 17 heavy (non-hydrogen) atoms. The van der Waals surface area contributed by atoms with E-state index in [1.54, 1.807) is 13.8 Å². The van der Waals surface area contributed by atoms with Crippen LogP contribution in [0.4, 0.5) is 0 Å². The maximum Gasteiger partial charge on any atom is 0.325 e. The minimum atomic E-state index is -0.694. The predicted octanol–water partition coefficient (Wildman–Crippen LogP) is 2.69. The fourth-order valence-electron chi connectivity index (χ4n) is 1.50. The van der Waals surface area contributed by atoms with Gasteiger partial charge in [-0.2, -0.15) is 0 Å². The van der Waals surface area contributed by atoms with Crippen LogP contribution in [0, 0.1) is 6.92 Å². The topological polar surface area (TPSA) is 38.3 Å². The number of carbonyl (C=O) groups excluding carboxylic acids is 1. The minimum Gasteiger partial charge on any atom is -0.468 e. The largest absolute Gasteiger partial charge is 0.468 e. The predicted molar refractivity (Wildman–Crippen MR) is 69.1 cm³/mol. The summed E-state index contributed by atoms with van der Waals surface area (Å²) in [5, 5.41) is 3.89. The van der Waals surface area contributed by atoms with Gasteiger partial charge in [-0.15, -0.1) is 0 Å². The van der Waals surface area contributed by atoms with Crippen molar-refractivity contribution in [3.63, 3.8) is 0 Å². The first-order valence-corrected chi connectivity index (χ1v) is 5.83. The van der Waals surface area contributed by atoms with E-state index in [1.165, 1.54) is 7.11 Å². The van der Waals surface area contributed by atoms with E-state index in [9.17, 15) is 4.79 Å². The summed E-state index contributed by atoms with van der Waals surface area (Å²) < 4.78 is 4.73. The molecule has 94 valence electrons. The molecule has 0 atom stereocenters. The number of ether oxygens (including phenoxy) is 1. The first-order chi connectivity index (χ1) is 7.86. The van der Waals surface area contributed by atoms with Gasteiger partial charge >= 0.3 is 5.97 Å². The summed E-state index contributed by atoms with van der Waals surface area (Å²) in [6.45, 7) is 6.19. The Balaban J connectivity index is 2.70. The Morgan fingerprint density at radius 3 is 2.65 bits per heavy atom. The summed E-state index contributed by atoms with van der Waals surface area (Å²) in [5.74, 6) is -0.274. The summed E-state index contributed by atoms with van der Waals surface area (Å²) in [6.07, 6.45) is 0. The van der Waals surface area contributed by atoms with Gasteiger partial charge in [-0.05, 0) is 44.0 Å². The molecule has 0 aromatic heterocycles. The van der Waals surface area contributed by atoms with Gasteiger partial charge in [0.2, 0.25) is 0 Å². The number of methoxy groups -OCH3 is 1. The maximum atomic E-state index is 11.5. The number of aryl methyl sites for hydroxylation is 1. The molecule has 0 amide bonds. The lowest BCUT2D eigenvalue weighted by atomic mass is 10.0. The van der Waals surface area contributed by atoms with Crippen LogP contribution in [0.25, 0.3) is 0 Å². The molecule has 4 heteroatoms. The molecule has 0 aliphatic rings. The average Bonchev–Trinajstić information content (AvgIpc) is 2.26. The molecule has 1 N–H and O–H groups in total. The van der Waals surface area contributed by atoms with Gasteiger partial charge in [-0.3, -0.25) is 10.1 Å². The van der Waals surface area contributed by atoms with Crippen molar-refractivity contribution in [2.45, 2.75) is 32.9 Å². The smallest absolute Gasteiger partial charge is 0.325 e. The molecular formula is C13H18ClNO2. The van der Waals surface area contributed by atoms with Crippen molar-refractivity contribution in [3.8, 4) is 0 Å². The number of carbonyl (C=O) groups is 1. The van der Waals surface area contributed by atoms with Crippen molar-refractivity contribution < 1.29 is 9.53 Å². The van der Waals surface area contributed by atoms with Gasteiger partial charge in [-0.25, -0.2) is 0 Å². The number of benzene rings is 1. The Kier molecular flexibility index (Phi) is 4.54. The molecule has 0 aliphatic carbocycles. The second-order valence-corrected chi connectivity index (χ2v) is 4.98. The molecule has 0 unspecified atom stereocenters. The van der Waals surface area contributed by atoms with E-state index in [0.29, 0.717) is 6.54 Å². The molecule has 0 saturated heterocycles. The van der Waals surface area contributed by atoms with Gasteiger partial charge in [0.1, 0.15) is 5.54 Å². The van der Waals surface area contributed by atoms with E-state index < -0.39 is 5.54 Å². The number of hydrogen-bond acceptors (Lipinski definition) is 3. The third-order valence-corrected chi connectivity index (χ3v) is 2.96. The molecule has 0 spiro atoms. The molecular weight excluding hydrogens is 238 g/mol. The zero-order chi connectivity index (χ0) is 13.1. The van der Waals surface area contributed by atoms with Crippen LogP contribution in [-0.4, -0.2) is 18.6 Å². The number of esters is 1. The normalized spacial score (nSPS) is 11.4. The fourth-order valence-corrected chi connectivity index (χ4v) is 1.73. The van der Waals surface area contributed by atoms with Gasteiger partial charge in [0.25, 0.3) is 0 Å². The second kappa shape index (κ2) is 5.52.